The minimum absolute atomic E-state index is 0.0328. The van der Waals surface area contributed by atoms with Crippen molar-refractivity contribution in [3.63, 3.8) is 0 Å². The number of nitrogens with zero attached hydrogens (tertiary/aromatic N) is 1. The third-order valence-electron chi connectivity index (χ3n) is 5.73. The molecule has 8 heteroatoms. The lowest BCUT2D eigenvalue weighted by molar-refractivity contribution is 0.139. The van der Waals surface area contributed by atoms with Crippen LogP contribution in [0.2, 0.25) is 0 Å². The van der Waals surface area contributed by atoms with Crippen LogP contribution in [0, 0.1) is 0 Å². The molecule has 3 aromatic carbocycles. The van der Waals surface area contributed by atoms with Crippen LogP contribution in [-0.4, -0.2) is 21.1 Å². The van der Waals surface area contributed by atoms with Crippen LogP contribution < -0.4 is 9.84 Å². The maximum Gasteiger partial charge on any atom is 0.407 e. The third-order valence-corrected chi connectivity index (χ3v) is 7.21. The Balaban J connectivity index is 1.42. The Labute approximate surface area is 193 Å². The van der Waals surface area contributed by atoms with Crippen LogP contribution in [0.4, 0.5) is 15.0 Å². The van der Waals surface area contributed by atoms with Crippen molar-refractivity contribution in [2.75, 3.05) is 11.1 Å². The molecular weight excluding hydrogens is 443 g/mol. The summed E-state index contributed by atoms with van der Waals surface area (Å²) in [6.07, 6.45) is 1.91. The lowest BCUT2D eigenvalue weighted by atomic mass is 9.83. The maximum absolute atomic E-state index is 14.7. The summed E-state index contributed by atoms with van der Waals surface area (Å²) in [5.74, 6) is 0.0328. The molecule has 0 heterocycles. The second-order valence-electron chi connectivity index (χ2n) is 7.95. The van der Waals surface area contributed by atoms with Crippen molar-refractivity contribution in [3.8, 4) is 0 Å². The van der Waals surface area contributed by atoms with E-state index < -0.39 is 16.1 Å². The van der Waals surface area contributed by atoms with Gasteiger partial charge in [-0.1, -0.05) is 63.6 Å². The van der Waals surface area contributed by atoms with E-state index >= 15 is 0 Å². The summed E-state index contributed by atoms with van der Waals surface area (Å²) >= 11 is 0. The first-order valence-electron chi connectivity index (χ1n) is 10.8. The lowest BCUT2D eigenvalue weighted by Crippen LogP contribution is -2.30. The molecule has 0 bridgehead atoms. The summed E-state index contributed by atoms with van der Waals surface area (Å²) < 4.78 is 45.3. The van der Waals surface area contributed by atoms with Gasteiger partial charge in [-0.3, -0.25) is 0 Å². The molecule has 0 saturated heterocycles. The number of sulfonamides is 1. The van der Waals surface area contributed by atoms with E-state index in [4.69, 9.17) is 4.74 Å². The molecule has 3 aromatic rings. The third kappa shape index (κ3) is 5.34. The molecule has 4 rings (SSSR count). The summed E-state index contributed by atoms with van der Waals surface area (Å²) in [4.78, 5) is 12.0. The largest absolute Gasteiger partial charge is 0.445 e. The number of rotatable bonds is 7. The Bertz CT molecular complexity index is 1200. The Morgan fingerprint density at radius 1 is 1.03 bits per heavy atom. The second kappa shape index (κ2) is 10.0. The minimum atomic E-state index is -4.33. The fraction of sp³-hybridized carbons (Fsp3) is 0.240. The first kappa shape index (κ1) is 22.8. The molecule has 0 fully saturated rings. The van der Waals surface area contributed by atoms with E-state index in [0.29, 0.717) is 13.0 Å². The molecule has 1 amide bonds. The summed E-state index contributed by atoms with van der Waals surface area (Å²) in [6, 6.07) is 21.7. The molecule has 0 spiro atoms. The number of para-hydroxylation sites is 1. The number of hydrogen-bond donors (Lipinski definition) is 1. The van der Waals surface area contributed by atoms with Gasteiger partial charge in [0.1, 0.15) is 6.61 Å². The van der Waals surface area contributed by atoms with Crippen LogP contribution in [0.15, 0.2) is 83.8 Å². The van der Waals surface area contributed by atoms with Gasteiger partial charge in [-0.15, -0.1) is 0 Å². The fourth-order valence-corrected chi connectivity index (χ4v) is 5.14. The number of aryl methyl sites for hydroxylation is 1. The first-order chi connectivity index (χ1) is 15.9. The molecular formula is C25H25FN2O4S. The number of carbonyl (C=O) groups excluding carboxylic acids is 1. The standard InChI is InChI=1S/C25H25FN2O4S/c26-28(22-12-5-2-6-13-22)33(30,31)23-14-15-24-20(16-23)10-7-11-21(24)17-27-25(29)32-18-19-8-3-1-4-9-19/h1-6,8-9,12-16,21H,7,10-11,17-18H2,(H,27,29). The number of amides is 1. The molecule has 0 aromatic heterocycles. The number of ether oxygens (including phenoxy) is 1. The van der Waals surface area contributed by atoms with Gasteiger partial charge in [0.15, 0.2) is 0 Å². The number of alkyl carbamates (subject to hydrolysis) is 1. The number of hydrogen-bond acceptors (Lipinski definition) is 4. The average Bonchev–Trinajstić information content (AvgIpc) is 2.86. The van der Waals surface area contributed by atoms with E-state index in [1.807, 2.05) is 30.3 Å². The molecule has 1 atom stereocenters. The van der Waals surface area contributed by atoms with E-state index in [9.17, 15) is 17.7 Å². The number of nitrogens with one attached hydrogen (secondary N) is 1. The smallest absolute Gasteiger partial charge is 0.407 e. The van der Waals surface area contributed by atoms with Gasteiger partial charge in [0.25, 0.3) is 10.0 Å². The zero-order chi connectivity index (χ0) is 23.3. The van der Waals surface area contributed by atoms with Crippen molar-refractivity contribution in [1.29, 1.82) is 0 Å². The van der Waals surface area contributed by atoms with Crippen LogP contribution in [0.1, 0.15) is 35.4 Å². The second-order valence-corrected chi connectivity index (χ2v) is 9.69. The summed E-state index contributed by atoms with van der Waals surface area (Å²) in [5.41, 5.74) is 2.68. The molecule has 0 radical (unpaired) electrons. The number of halogens is 1. The van der Waals surface area contributed by atoms with E-state index in [2.05, 4.69) is 5.32 Å². The Hall–Kier alpha value is -3.39. The van der Waals surface area contributed by atoms with Crippen LogP contribution in [0.25, 0.3) is 0 Å². The van der Waals surface area contributed by atoms with E-state index in [1.54, 1.807) is 30.3 Å². The van der Waals surface area contributed by atoms with Crippen molar-refractivity contribution < 1.29 is 22.4 Å². The highest BCUT2D eigenvalue weighted by molar-refractivity contribution is 7.92. The van der Waals surface area contributed by atoms with Crippen LogP contribution in [0.3, 0.4) is 0 Å². The van der Waals surface area contributed by atoms with Gasteiger partial charge in [-0.05, 0) is 60.2 Å². The highest BCUT2D eigenvalue weighted by Gasteiger charge is 2.28. The maximum atomic E-state index is 14.7. The minimum Gasteiger partial charge on any atom is -0.445 e. The van der Waals surface area contributed by atoms with Gasteiger partial charge >= 0.3 is 6.09 Å². The van der Waals surface area contributed by atoms with Crippen LogP contribution >= 0.6 is 0 Å². The quantitative estimate of drug-likeness (QED) is 0.489. The average molecular weight is 469 g/mol. The van der Waals surface area contributed by atoms with Gasteiger partial charge in [0.2, 0.25) is 0 Å². The zero-order valence-corrected chi connectivity index (χ0v) is 18.8. The SMILES string of the molecule is O=C(NCC1CCCc2cc(S(=O)(=O)N(F)c3ccccc3)ccc21)OCc1ccccc1. The van der Waals surface area contributed by atoms with Crippen molar-refractivity contribution in [2.24, 2.45) is 0 Å². The zero-order valence-electron chi connectivity index (χ0n) is 18.0. The number of anilines is 1. The highest BCUT2D eigenvalue weighted by atomic mass is 32.2. The van der Waals surface area contributed by atoms with Crippen molar-refractivity contribution >= 4 is 21.8 Å². The summed E-state index contributed by atoms with van der Waals surface area (Å²) in [5, 5.41) is 2.80. The van der Waals surface area contributed by atoms with Gasteiger partial charge < -0.3 is 10.1 Å². The molecule has 172 valence electrons. The Morgan fingerprint density at radius 3 is 2.45 bits per heavy atom. The van der Waals surface area contributed by atoms with Crippen molar-refractivity contribution in [2.45, 2.75) is 36.7 Å². The van der Waals surface area contributed by atoms with Crippen LogP contribution in [0.5, 0.6) is 0 Å². The predicted molar refractivity (Wildman–Crippen MR) is 124 cm³/mol. The fourth-order valence-electron chi connectivity index (χ4n) is 4.02. The number of fused-ring (bicyclic) bond motifs is 1. The van der Waals surface area contributed by atoms with Crippen molar-refractivity contribution in [1.82, 2.24) is 5.32 Å². The normalized spacial score (nSPS) is 15.4. The molecule has 0 aliphatic heterocycles. The van der Waals surface area contributed by atoms with E-state index in [1.165, 1.54) is 18.2 Å². The Morgan fingerprint density at radius 2 is 1.73 bits per heavy atom. The van der Waals surface area contributed by atoms with Gasteiger partial charge in [-0.2, -0.15) is 8.42 Å². The molecule has 1 aliphatic rings. The molecule has 1 aliphatic carbocycles. The van der Waals surface area contributed by atoms with E-state index in [0.717, 1.165) is 29.5 Å². The van der Waals surface area contributed by atoms with E-state index in [-0.39, 0.29) is 27.6 Å². The molecule has 1 N–H and O–H groups in total. The predicted octanol–water partition coefficient (Wildman–Crippen LogP) is 5.11. The van der Waals surface area contributed by atoms with Gasteiger partial charge in [0, 0.05) is 12.5 Å². The molecule has 1 unspecified atom stereocenters. The summed E-state index contributed by atoms with van der Waals surface area (Å²) in [7, 11) is -4.33. The monoisotopic (exact) mass is 468 g/mol. The lowest BCUT2D eigenvalue weighted by Gasteiger charge is -2.26. The van der Waals surface area contributed by atoms with Gasteiger partial charge in [-0.25, -0.2) is 4.79 Å². The first-order valence-corrected chi connectivity index (χ1v) is 12.2. The molecule has 6 nitrogen and oxygen atoms in total. The number of carbonyl (C=O) groups is 1. The van der Waals surface area contributed by atoms with Gasteiger partial charge in [0.05, 0.1) is 10.6 Å². The van der Waals surface area contributed by atoms with Crippen molar-refractivity contribution in [3.05, 3.63) is 95.6 Å². The molecule has 0 saturated carbocycles. The van der Waals surface area contributed by atoms with Crippen LogP contribution in [-0.2, 0) is 27.8 Å². The topological polar surface area (TPSA) is 75.7 Å². The summed E-state index contributed by atoms with van der Waals surface area (Å²) in [6.45, 7) is 0.572. The number of benzene rings is 3. The highest BCUT2D eigenvalue weighted by Crippen LogP contribution is 2.34. The molecule has 33 heavy (non-hydrogen) atoms. The Kier molecular flexibility index (Phi) is 6.93.